The van der Waals surface area contributed by atoms with E-state index in [0.29, 0.717) is 11.7 Å². The fourth-order valence-corrected chi connectivity index (χ4v) is 3.23. The van der Waals surface area contributed by atoms with Crippen molar-refractivity contribution in [3.8, 4) is 0 Å². The first-order chi connectivity index (χ1) is 9.53. The topological polar surface area (TPSA) is 73.1 Å². The summed E-state index contributed by atoms with van der Waals surface area (Å²) in [6.45, 7) is 0. The zero-order chi connectivity index (χ0) is 14.2. The third-order valence-electron chi connectivity index (χ3n) is 3.10. The zero-order valence-corrected chi connectivity index (χ0v) is 11.4. The number of aromatic nitrogens is 2. The Hall–Kier alpha value is -1.76. The monoisotopic (exact) mass is 296 g/mol. The van der Waals surface area contributed by atoms with Gasteiger partial charge in [-0.25, -0.2) is 12.8 Å². The van der Waals surface area contributed by atoms with Gasteiger partial charge in [0.2, 0.25) is 5.89 Å². The maximum Gasteiger partial charge on any atom is 0.241 e. The summed E-state index contributed by atoms with van der Waals surface area (Å²) in [5.41, 5.74) is 0.148. The highest BCUT2D eigenvalue weighted by atomic mass is 32.2. The summed E-state index contributed by atoms with van der Waals surface area (Å²) in [6, 6.07) is 5.82. The summed E-state index contributed by atoms with van der Waals surface area (Å²) >= 11 is 0. The van der Waals surface area contributed by atoms with Crippen molar-refractivity contribution < 1.29 is 17.3 Å². The lowest BCUT2D eigenvalue weighted by molar-refractivity contribution is 0.382. The number of sulfone groups is 1. The first-order valence-corrected chi connectivity index (χ1v) is 8.12. The normalized spacial score (nSPS) is 15.4. The zero-order valence-electron chi connectivity index (χ0n) is 10.6. The van der Waals surface area contributed by atoms with Crippen LogP contribution in [0.15, 0.2) is 28.8 Å². The Labute approximate surface area is 115 Å². The SMILES string of the molecule is O=S(=O)(Cc1nc(C2CC2)no1)Cc1ccccc1F. The minimum Gasteiger partial charge on any atom is -0.338 e. The summed E-state index contributed by atoms with van der Waals surface area (Å²) in [6.07, 6.45) is 2.03. The Balaban J connectivity index is 1.73. The molecule has 0 bridgehead atoms. The van der Waals surface area contributed by atoms with E-state index < -0.39 is 15.7 Å². The van der Waals surface area contributed by atoms with Crippen LogP contribution in [-0.4, -0.2) is 18.6 Å². The van der Waals surface area contributed by atoms with Crippen molar-refractivity contribution in [2.45, 2.75) is 30.3 Å². The van der Waals surface area contributed by atoms with Crippen molar-refractivity contribution >= 4 is 9.84 Å². The van der Waals surface area contributed by atoms with Crippen molar-refractivity contribution in [3.63, 3.8) is 0 Å². The number of hydrogen-bond donors (Lipinski definition) is 0. The number of nitrogens with zero attached hydrogens (tertiary/aromatic N) is 2. The average molecular weight is 296 g/mol. The minimum absolute atomic E-state index is 0.0724. The van der Waals surface area contributed by atoms with Crippen molar-refractivity contribution in [1.82, 2.24) is 10.1 Å². The molecule has 0 aliphatic heterocycles. The number of rotatable bonds is 5. The lowest BCUT2D eigenvalue weighted by atomic mass is 10.2. The Bertz CT molecular complexity index is 723. The third-order valence-corrected chi connectivity index (χ3v) is 4.54. The lowest BCUT2D eigenvalue weighted by Crippen LogP contribution is -2.09. The van der Waals surface area contributed by atoms with Gasteiger partial charge >= 0.3 is 0 Å². The first kappa shape index (κ1) is 13.2. The van der Waals surface area contributed by atoms with Crippen LogP contribution in [-0.2, 0) is 21.3 Å². The van der Waals surface area contributed by atoms with Gasteiger partial charge in [-0.05, 0) is 18.9 Å². The molecule has 0 radical (unpaired) electrons. The fourth-order valence-electron chi connectivity index (χ4n) is 1.93. The standard InChI is InChI=1S/C13H13FN2O3S/c14-11-4-2-1-3-10(11)7-20(17,18)8-12-15-13(16-19-12)9-5-6-9/h1-4,9H,5-8H2. The summed E-state index contributed by atoms with van der Waals surface area (Å²) in [5.74, 6) is -0.312. The van der Waals surface area contributed by atoms with Gasteiger partial charge in [0.15, 0.2) is 15.7 Å². The van der Waals surface area contributed by atoms with E-state index >= 15 is 0 Å². The second-order valence-electron chi connectivity index (χ2n) is 4.94. The predicted octanol–water partition coefficient (Wildman–Crippen LogP) is 2.20. The van der Waals surface area contributed by atoms with Crippen LogP contribution < -0.4 is 0 Å². The molecule has 0 spiro atoms. The van der Waals surface area contributed by atoms with Crippen LogP contribution in [0.3, 0.4) is 0 Å². The summed E-state index contributed by atoms with van der Waals surface area (Å²) in [4.78, 5) is 4.07. The maximum atomic E-state index is 13.5. The molecule has 20 heavy (non-hydrogen) atoms. The summed E-state index contributed by atoms with van der Waals surface area (Å²) < 4.78 is 42.4. The molecule has 3 rings (SSSR count). The molecule has 5 nitrogen and oxygen atoms in total. The van der Waals surface area contributed by atoms with Gasteiger partial charge in [-0.1, -0.05) is 23.4 Å². The van der Waals surface area contributed by atoms with Gasteiger partial charge in [-0.2, -0.15) is 4.98 Å². The van der Waals surface area contributed by atoms with Crippen LogP contribution >= 0.6 is 0 Å². The fraction of sp³-hybridized carbons (Fsp3) is 0.385. The summed E-state index contributed by atoms with van der Waals surface area (Å²) in [5, 5.41) is 3.76. The second-order valence-corrected chi connectivity index (χ2v) is 7.01. The number of hydrogen-bond acceptors (Lipinski definition) is 5. The molecule has 0 saturated heterocycles. The quantitative estimate of drug-likeness (QED) is 0.845. The van der Waals surface area contributed by atoms with Gasteiger partial charge in [0, 0.05) is 11.5 Å². The smallest absolute Gasteiger partial charge is 0.241 e. The van der Waals surface area contributed by atoms with Crippen LogP contribution in [0.1, 0.15) is 36.0 Å². The Kier molecular flexibility index (Phi) is 3.29. The van der Waals surface area contributed by atoms with Crippen molar-refractivity contribution in [3.05, 3.63) is 47.4 Å². The molecular formula is C13H13FN2O3S. The van der Waals surface area contributed by atoms with Crippen molar-refractivity contribution in [1.29, 1.82) is 0 Å². The molecule has 1 aliphatic carbocycles. The van der Waals surface area contributed by atoms with Gasteiger partial charge in [-0.3, -0.25) is 0 Å². The third kappa shape index (κ3) is 3.04. The molecule has 0 unspecified atom stereocenters. The van der Waals surface area contributed by atoms with E-state index in [9.17, 15) is 12.8 Å². The van der Waals surface area contributed by atoms with E-state index in [0.717, 1.165) is 12.8 Å². The molecule has 1 saturated carbocycles. The average Bonchev–Trinajstić information content (AvgIpc) is 3.13. The minimum atomic E-state index is -3.54. The Morgan fingerprint density at radius 1 is 1.25 bits per heavy atom. The molecule has 0 amide bonds. The highest BCUT2D eigenvalue weighted by molar-refractivity contribution is 7.89. The molecule has 7 heteroatoms. The van der Waals surface area contributed by atoms with E-state index in [1.165, 1.54) is 18.2 Å². The number of benzene rings is 1. The van der Waals surface area contributed by atoms with Crippen LogP contribution in [0.4, 0.5) is 4.39 Å². The molecule has 0 N–H and O–H groups in total. The van der Waals surface area contributed by atoms with E-state index in [1.54, 1.807) is 6.07 Å². The molecular weight excluding hydrogens is 283 g/mol. The highest BCUT2D eigenvalue weighted by Gasteiger charge is 2.29. The van der Waals surface area contributed by atoms with Crippen LogP contribution in [0, 0.1) is 5.82 Å². The van der Waals surface area contributed by atoms with E-state index in [4.69, 9.17) is 4.52 Å². The second kappa shape index (κ2) is 4.97. The summed E-state index contributed by atoms with van der Waals surface area (Å²) in [7, 11) is -3.54. The Morgan fingerprint density at radius 2 is 2.00 bits per heavy atom. The molecule has 1 aromatic carbocycles. The van der Waals surface area contributed by atoms with Gasteiger partial charge in [0.1, 0.15) is 11.6 Å². The largest absolute Gasteiger partial charge is 0.338 e. The van der Waals surface area contributed by atoms with Gasteiger partial charge in [0.05, 0.1) is 5.75 Å². The van der Waals surface area contributed by atoms with Crippen molar-refractivity contribution in [2.75, 3.05) is 0 Å². The molecule has 0 atom stereocenters. The molecule has 1 aromatic heterocycles. The molecule has 1 aliphatic rings. The van der Waals surface area contributed by atoms with Crippen molar-refractivity contribution in [2.24, 2.45) is 0 Å². The van der Waals surface area contributed by atoms with Crippen LogP contribution in [0.2, 0.25) is 0 Å². The first-order valence-electron chi connectivity index (χ1n) is 6.30. The lowest BCUT2D eigenvalue weighted by Gasteiger charge is -2.03. The van der Waals surface area contributed by atoms with Gasteiger partial charge in [0.25, 0.3) is 0 Å². The van der Waals surface area contributed by atoms with E-state index in [1.807, 2.05) is 0 Å². The van der Waals surface area contributed by atoms with Gasteiger partial charge in [-0.15, -0.1) is 0 Å². The highest BCUT2D eigenvalue weighted by Crippen LogP contribution is 2.38. The van der Waals surface area contributed by atoms with Gasteiger partial charge < -0.3 is 4.52 Å². The Morgan fingerprint density at radius 3 is 2.70 bits per heavy atom. The number of halogens is 1. The maximum absolute atomic E-state index is 13.5. The molecule has 1 heterocycles. The predicted molar refractivity (Wildman–Crippen MR) is 69.0 cm³/mol. The molecule has 106 valence electrons. The van der Waals surface area contributed by atoms with E-state index in [-0.39, 0.29) is 23.0 Å². The van der Waals surface area contributed by atoms with Crippen LogP contribution in [0.5, 0.6) is 0 Å². The van der Waals surface area contributed by atoms with E-state index in [2.05, 4.69) is 10.1 Å². The molecule has 1 fully saturated rings. The van der Waals surface area contributed by atoms with Crippen LogP contribution in [0.25, 0.3) is 0 Å². The molecule has 2 aromatic rings.